The minimum atomic E-state index is -0.850. The number of benzene rings is 1. The van der Waals surface area contributed by atoms with Crippen molar-refractivity contribution in [3.8, 4) is 5.75 Å². The van der Waals surface area contributed by atoms with E-state index in [0.29, 0.717) is 56.1 Å². The summed E-state index contributed by atoms with van der Waals surface area (Å²) in [5, 5.41) is 2.99. The molecule has 0 aromatic heterocycles. The Bertz CT molecular complexity index is 782. The topological polar surface area (TPSA) is 79.0 Å². The molecule has 2 saturated heterocycles. The minimum absolute atomic E-state index is 0.0140. The second kappa shape index (κ2) is 9.06. The lowest BCUT2D eigenvalue weighted by molar-refractivity contribution is -0.161. The zero-order valence-corrected chi connectivity index (χ0v) is 18.4. The van der Waals surface area contributed by atoms with Crippen molar-refractivity contribution < 1.29 is 19.1 Å². The number of rotatable bonds is 6. The zero-order chi connectivity index (χ0) is 21.9. The van der Waals surface area contributed by atoms with Crippen LogP contribution in [0.4, 0.5) is 0 Å². The second-order valence-corrected chi connectivity index (χ2v) is 8.70. The summed E-state index contributed by atoms with van der Waals surface area (Å²) >= 11 is 0. The second-order valence-electron chi connectivity index (χ2n) is 8.70. The van der Waals surface area contributed by atoms with Crippen molar-refractivity contribution in [1.82, 2.24) is 15.1 Å². The van der Waals surface area contributed by atoms with Crippen LogP contribution in [0.2, 0.25) is 0 Å². The number of nitrogens with one attached hydrogen (secondary N) is 1. The zero-order valence-electron chi connectivity index (χ0n) is 18.4. The molecule has 7 heteroatoms. The molecule has 1 atom stereocenters. The molecule has 1 unspecified atom stereocenters. The molecule has 1 aromatic carbocycles. The van der Waals surface area contributed by atoms with Gasteiger partial charge < -0.3 is 19.9 Å². The Morgan fingerprint density at radius 1 is 1.20 bits per heavy atom. The molecule has 2 aliphatic rings. The number of piperazine rings is 1. The molecular formula is C23H33N3O4. The van der Waals surface area contributed by atoms with Crippen molar-refractivity contribution >= 4 is 17.7 Å². The first-order valence-corrected chi connectivity index (χ1v) is 10.9. The Labute approximate surface area is 178 Å². The number of ether oxygens (including phenoxy) is 1. The molecule has 0 radical (unpaired) electrons. The van der Waals surface area contributed by atoms with Gasteiger partial charge in [0.1, 0.15) is 17.3 Å². The lowest BCUT2D eigenvalue weighted by Gasteiger charge is -2.51. The molecule has 0 aliphatic carbocycles. The smallest absolute Gasteiger partial charge is 0.253 e. The highest BCUT2D eigenvalue weighted by Gasteiger charge is 2.53. The molecule has 2 aliphatic heterocycles. The van der Waals surface area contributed by atoms with E-state index < -0.39 is 11.6 Å². The Kier molecular flexibility index (Phi) is 6.68. The lowest BCUT2D eigenvalue weighted by Crippen LogP contribution is -2.73. The molecule has 30 heavy (non-hydrogen) atoms. The molecule has 7 nitrogen and oxygen atoms in total. The van der Waals surface area contributed by atoms with Crippen LogP contribution in [0.15, 0.2) is 24.3 Å². The largest absolute Gasteiger partial charge is 0.497 e. The number of hydrogen-bond acceptors (Lipinski definition) is 4. The number of methoxy groups -OCH3 is 1. The van der Waals surface area contributed by atoms with Crippen molar-refractivity contribution in [3.05, 3.63) is 29.8 Å². The van der Waals surface area contributed by atoms with Gasteiger partial charge in [0, 0.05) is 25.2 Å². The van der Waals surface area contributed by atoms with Crippen LogP contribution in [0.3, 0.4) is 0 Å². The van der Waals surface area contributed by atoms with Gasteiger partial charge in [0.05, 0.1) is 7.11 Å². The number of likely N-dealkylation sites (tertiary alicyclic amines) is 1. The Morgan fingerprint density at radius 3 is 2.37 bits per heavy atom. The van der Waals surface area contributed by atoms with Gasteiger partial charge in [-0.3, -0.25) is 14.4 Å². The molecule has 0 bridgehead atoms. The van der Waals surface area contributed by atoms with Crippen LogP contribution in [-0.2, 0) is 9.59 Å². The molecule has 1 N–H and O–H groups in total. The highest BCUT2D eigenvalue weighted by atomic mass is 16.5. The first-order chi connectivity index (χ1) is 14.3. The van der Waals surface area contributed by atoms with E-state index in [4.69, 9.17) is 4.74 Å². The van der Waals surface area contributed by atoms with E-state index in [-0.39, 0.29) is 17.7 Å². The summed E-state index contributed by atoms with van der Waals surface area (Å²) in [7, 11) is 1.59. The summed E-state index contributed by atoms with van der Waals surface area (Å²) in [6, 6.07) is 6.59. The van der Waals surface area contributed by atoms with Crippen molar-refractivity contribution in [1.29, 1.82) is 0 Å². The number of nitrogens with zero attached hydrogens (tertiary/aromatic N) is 2. The Balaban J connectivity index is 1.74. The van der Waals surface area contributed by atoms with Crippen LogP contribution >= 0.6 is 0 Å². The van der Waals surface area contributed by atoms with Crippen LogP contribution in [0.5, 0.6) is 5.75 Å². The molecular weight excluding hydrogens is 382 g/mol. The van der Waals surface area contributed by atoms with E-state index in [2.05, 4.69) is 19.2 Å². The number of hydrogen-bond donors (Lipinski definition) is 1. The van der Waals surface area contributed by atoms with Gasteiger partial charge in [-0.2, -0.15) is 0 Å². The summed E-state index contributed by atoms with van der Waals surface area (Å²) < 4.78 is 5.15. The van der Waals surface area contributed by atoms with E-state index in [1.54, 1.807) is 41.2 Å². The van der Waals surface area contributed by atoms with Crippen LogP contribution < -0.4 is 10.1 Å². The summed E-state index contributed by atoms with van der Waals surface area (Å²) in [5.74, 6) is 0.904. The summed E-state index contributed by atoms with van der Waals surface area (Å²) in [5.41, 5.74) is -0.254. The van der Waals surface area contributed by atoms with Crippen LogP contribution in [0.25, 0.3) is 0 Å². The first-order valence-electron chi connectivity index (χ1n) is 10.9. The van der Waals surface area contributed by atoms with Gasteiger partial charge in [0.15, 0.2) is 0 Å². The van der Waals surface area contributed by atoms with Crippen molar-refractivity contribution in [2.45, 2.75) is 58.0 Å². The van der Waals surface area contributed by atoms with E-state index in [1.165, 1.54) is 0 Å². The van der Waals surface area contributed by atoms with Gasteiger partial charge >= 0.3 is 0 Å². The van der Waals surface area contributed by atoms with Crippen molar-refractivity contribution in [2.24, 2.45) is 5.92 Å². The number of piperidine rings is 1. The number of carbonyl (C=O) groups is 3. The fourth-order valence-electron chi connectivity index (χ4n) is 4.55. The third kappa shape index (κ3) is 4.16. The molecule has 0 saturated carbocycles. The van der Waals surface area contributed by atoms with E-state index in [1.807, 2.05) is 6.92 Å². The van der Waals surface area contributed by atoms with Crippen LogP contribution in [0.1, 0.15) is 56.8 Å². The average Bonchev–Trinajstić information content (AvgIpc) is 2.75. The van der Waals surface area contributed by atoms with E-state index >= 15 is 0 Å². The van der Waals surface area contributed by atoms with Gasteiger partial charge in [0.25, 0.3) is 5.91 Å². The fourth-order valence-corrected chi connectivity index (χ4v) is 4.55. The van der Waals surface area contributed by atoms with Crippen molar-refractivity contribution in [3.63, 3.8) is 0 Å². The van der Waals surface area contributed by atoms with Gasteiger partial charge in [-0.05, 0) is 55.9 Å². The molecule has 164 valence electrons. The maximum absolute atomic E-state index is 13.2. The molecule has 3 rings (SSSR count). The average molecular weight is 416 g/mol. The third-order valence-electron chi connectivity index (χ3n) is 6.18. The maximum Gasteiger partial charge on any atom is 0.253 e. The molecule has 3 amide bonds. The third-order valence-corrected chi connectivity index (χ3v) is 6.18. The van der Waals surface area contributed by atoms with E-state index in [9.17, 15) is 14.4 Å². The summed E-state index contributed by atoms with van der Waals surface area (Å²) in [4.78, 5) is 42.8. The number of amides is 3. The minimum Gasteiger partial charge on any atom is -0.497 e. The first kappa shape index (κ1) is 22.1. The SMILES string of the molecule is CCCN1C(=O)C(CC(C)C)NC(=O)C12CCN(C(=O)c1ccc(OC)cc1)CC2. The molecule has 2 fully saturated rings. The fraction of sp³-hybridized carbons (Fsp3) is 0.609. The highest BCUT2D eigenvalue weighted by Crippen LogP contribution is 2.34. The Morgan fingerprint density at radius 2 is 1.83 bits per heavy atom. The Hall–Kier alpha value is -2.57. The summed E-state index contributed by atoms with van der Waals surface area (Å²) in [6.45, 7) is 7.58. The van der Waals surface area contributed by atoms with Gasteiger partial charge in [-0.25, -0.2) is 0 Å². The van der Waals surface area contributed by atoms with Crippen LogP contribution in [0, 0.1) is 5.92 Å². The van der Waals surface area contributed by atoms with Gasteiger partial charge in [0.2, 0.25) is 11.8 Å². The molecule has 1 spiro atoms. The number of carbonyl (C=O) groups excluding carboxylic acids is 3. The van der Waals surface area contributed by atoms with Crippen LogP contribution in [-0.4, -0.2) is 65.8 Å². The monoisotopic (exact) mass is 415 g/mol. The van der Waals surface area contributed by atoms with Gasteiger partial charge in [-0.1, -0.05) is 20.8 Å². The van der Waals surface area contributed by atoms with Crippen molar-refractivity contribution in [2.75, 3.05) is 26.7 Å². The van der Waals surface area contributed by atoms with Gasteiger partial charge in [-0.15, -0.1) is 0 Å². The predicted octanol–water partition coefficient (Wildman–Crippen LogP) is 2.45. The normalized spacial score (nSPS) is 21.2. The lowest BCUT2D eigenvalue weighted by atomic mass is 9.80. The quantitative estimate of drug-likeness (QED) is 0.774. The standard InChI is InChI=1S/C23H33N3O4/c1-5-12-26-21(28)19(15-16(2)3)24-22(29)23(26)10-13-25(14-11-23)20(27)17-6-8-18(30-4)9-7-17/h6-9,16,19H,5,10-15H2,1-4H3,(H,24,29). The highest BCUT2D eigenvalue weighted by molar-refractivity contribution is 6.00. The summed E-state index contributed by atoms with van der Waals surface area (Å²) in [6.07, 6.45) is 2.36. The predicted molar refractivity (Wildman–Crippen MR) is 114 cm³/mol. The molecule has 2 heterocycles. The van der Waals surface area contributed by atoms with E-state index in [0.717, 1.165) is 6.42 Å². The molecule has 1 aromatic rings. The maximum atomic E-state index is 13.2.